The van der Waals surface area contributed by atoms with Gasteiger partial charge < -0.3 is 4.74 Å². The third-order valence-corrected chi connectivity index (χ3v) is 3.29. The highest BCUT2D eigenvalue weighted by Crippen LogP contribution is 2.47. The van der Waals surface area contributed by atoms with Crippen LogP contribution in [0.15, 0.2) is 0 Å². The topological polar surface area (TPSA) is 55.9 Å². The van der Waals surface area contributed by atoms with Gasteiger partial charge in [-0.2, -0.15) is 8.42 Å². The molecule has 2 fully saturated rings. The lowest BCUT2D eigenvalue weighted by molar-refractivity contribution is 0.184. The molecule has 13 heavy (non-hydrogen) atoms. The number of epoxide rings is 1. The summed E-state index contributed by atoms with van der Waals surface area (Å²) in [6.07, 6.45) is 5.61. The second-order valence-electron chi connectivity index (χ2n) is 3.88. The molecule has 1 aliphatic heterocycles. The summed E-state index contributed by atoms with van der Waals surface area (Å²) >= 11 is 0. The molecule has 0 aromatic heterocycles. The average molecular weight is 206 g/mol. The molecule has 0 amide bonds. The summed E-state index contributed by atoms with van der Waals surface area (Å²) in [5, 5.41) is 0. The number of ether oxygens (including phenoxy) is 1. The van der Waals surface area contributed by atoms with Crippen LogP contribution in [-0.2, 0) is 19.0 Å². The van der Waals surface area contributed by atoms with Gasteiger partial charge in [0.2, 0.25) is 0 Å². The van der Waals surface area contributed by atoms with E-state index in [-0.39, 0.29) is 18.3 Å². The lowest BCUT2D eigenvalue weighted by Gasteiger charge is -2.15. The summed E-state index contributed by atoms with van der Waals surface area (Å²) in [4.78, 5) is 0. The Hall–Kier alpha value is -0.130. The maximum absolute atomic E-state index is 10.8. The summed E-state index contributed by atoms with van der Waals surface area (Å²) in [5.74, 6) is 0. The standard InChI is InChI=1S/C8H14O4S/c1-13(9,10)11-6-8-5-3-2-4-7(8)12-8/h7H,2-6H2,1H3/t7-,8-/m1/s1. The van der Waals surface area contributed by atoms with E-state index < -0.39 is 10.1 Å². The lowest BCUT2D eigenvalue weighted by atomic mass is 9.90. The van der Waals surface area contributed by atoms with Crippen LogP contribution in [0.5, 0.6) is 0 Å². The van der Waals surface area contributed by atoms with Crippen LogP contribution in [-0.4, -0.2) is 33.0 Å². The summed E-state index contributed by atoms with van der Waals surface area (Å²) in [6.45, 7) is 0.205. The van der Waals surface area contributed by atoms with E-state index in [0.29, 0.717) is 0 Å². The van der Waals surface area contributed by atoms with E-state index in [1.807, 2.05) is 0 Å². The molecule has 5 heteroatoms. The van der Waals surface area contributed by atoms with Gasteiger partial charge in [0.1, 0.15) is 5.60 Å². The van der Waals surface area contributed by atoms with E-state index in [1.165, 1.54) is 6.42 Å². The van der Waals surface area contributed by atoms with Crippen molar-refractivity contribution in [3.8, 4) is 0 Å². The van der Waals surface area contributed by atoms with Crippen molar-refractivity contribution in [1.29, 1.82) is 0 Å². The molecule has 1 saturated heterocycles. The first-order valence-electron chi connectivity index (χ1n) is 4.54. The molecule has 4 nitrogen and oxygen atoms in total. The molecule has 0 N–H and O–H groups in total. The predicted molar refractivity (Wildman–Crippen MR) is 46.9 cm³/mol. The van der Waals surface area contributed by atoms with E-state index in [2.05, 4.69) is 0 Å². The molecule has 2 rings (SSSR count). The Morgan fingerprint density at radius 2 is 2.31 bits per heavy atom. The Morgan fingerprint density at radius 3 is 2.92 bits per heavy atom. The number of rotatable bonds is 3. The van der Waals surface area contributed by atoms with E-state index >= 15 is 0 Å². The maximum Gasteiger partial charge on any atom is 0.264 e. The maximum atomic E-state index is 10.8. The normalized spacial score (nSPS) is 38.4. The van der Waals surface area contributed by atoms with Crippen LogP contribution < -0.4 is 0 Å². The van der Waals surface area contributed by atoms with Crippen molar-refractivity contribution in [3.63, 3.8) is 0 Å². The zero-order chi connectivity index (χ0) is 9.53. The van der Waals surface area contributed by atoms with Crippen molar-refractivity contribution in [3.05, 3.63) is 0 Å². The van der Waals surface area contributed by atoms with Crippen LogP contribution in [0.1, 0.15) is 25.7 Å². The number of fused-ring (bicyclic) bond motifs is 1. The number of hydrogen-bond donors (Lipinski definition) is 0. The Labute approximate surface area is 78.3 Å². The second kappa shape index (κ2) is 2.93. The first kappa shape index (κ1) is 9.43. The van der Waals surface area contributed by atoms with Crippen LogP contribution in [0.4, 0.5) is 0 Å². The first-order valence-corrected chi connectivity index (χ1v) is 6.36. The summed E-state index contributed by atoms with van der Waals surface area (Å²) in [7, 11) is -3.31. The van der Waals surface area contributed by atoms with E-state index in [9.17, 15) is 8.42 Å². The van der Waals surface area contributed by atoms with E-state index in [1.54, 1.807) is 0 Å². The van der Waals surface area contributed by atoms with Gasteiger partial charge in [0.15, 0.2) is 0 Å². The second-order valence-corrected chi connectivity index (χ2v) is 5.53. The highest BCUT2D eigenvalue weighted by molar-refractivity contribution is 7.85. The van der Waals surface area contributed by atoms with E-state index in [0.717, 1.165) is 25.5 Å². The molecule has 0 unspecified atom stereocenters. The Bertz CT molecular complexity index is 297. The van der Waals surface area contributed by atoms with Crippen molar-refractivity contribution < 1.29 is 17.3 Å². The fourth-order valence-corrected chi connectivity index (χ4v) is 2.36. The fourth-order valence-electron chi connectivity index (χ4n) is 1.95. The summed E-state index contributed by atoms with van der Waals surface area (Å²) in [5.41, 5.74) is -0.249. The van der Waals surface area contributed by atoms with Gasteiger partial charge in [-0.25, -0.2) is 0 Å². The molecule has 1 saturated carbocycles. The monoisotopic (exact) mass is 206 g/mol. The molecule has 0 aromatic rings. The Morgan fingerprint density at radius 1 is 1.54 bits per heavy atom. The van der Waals surface area contributed by atoms with Crippen molar-refractivity contribution in [2.45, 2.75) is 37.4 Å². The molecule has 76 valence electrons. The third kappa shape index (κ3) is 2.03. The minimum Gasteiger partial charge on any atom is -0.363 e. The lowest BCUT2D eigenvalue weighted by Crippen LogP contribution is -2.27. The SMILES string of the molecule is CS(=O)(=O)OC[C@]12CCCC[C@H]1O2. The predicted octanol–water partition coefficient (Wildman–Crippen LogP) is 0.674. The zero-order valence-electron chi connectivity index (χ0n) is 7.65. The Kier molecular flexibility index (Phi) is 2.13. The first-order chi connectivity index (χ1) is 6.02. The summed E-state index contributed by atoms with van der Waals surface area (Å²) in [6, 6.07) is 0. The van der Waals surface area contributed by atoms with Gasteiger partial charge in [0.05, 0.1) is 19.0 Å². The van der Waals surface area contributed by atoms with Gasteiger partial charge in [0.25, 0.3) is 10.1 Å². The largest absolute Gasteiger partial charge is 0.363 e. The van der Waals surface area contributed by atoms with Crippen molar-refractivity contribution in [2.24, 2.45) is 0 Å². The van der Waals surface area contributed by atoms with Gasteiger partial charge in [-0.3, -0.25) is 4.18 Å². The van der Waals surface area contributed by atoms with Crippen LogP contribution >= 0.6 is 0 Å². The minimum absolute atomic E-state index is 0.205. The van der Waals surface area contributed by atoms with Gasteiger partial charge in [-0.15, -0.1) is 0 Å². The molecule has 0 aromatic carbocycles. The van der Waals surface area contributed by atoms with E-state index in [4.69, 9.17) is 8.92 Å². The molecule has 2 aliphatic rings. The van der Waals surface area contributed by atoms with Crippen molar-refractivity contribution in [1.82, 2.24) is 0 Å². The van der Waals surface area contributed by atoms with Crippen molar-refractivity contribution in [2.75, 3.05) is 12.9 Å². The molecule has 1 aliphatic carbocycles. The third-order valence-electron chi connectivity index (χ3n) is 2.74. The highest BCUT2D eigenvalue weighted by Gasteiger charge is 2.57. The van der Waals surface area contributed by atoms with Gasteiger partial charge in [0, 0.05) is 0 Å². The van der Waals surface area contributed by atoms with Gasteiger partial charge >= 0.3 is 0 Å². The van der Waals surface area contributed by atoms with Gasteiger partial charge in [-0.05, 0) is 12.8 Å². The minimum atomic E-state index is -3.31. The molecule has 0 spiro atoms. The zero-order valence-corrected chi connectivity index (χ0v) is 8.47. The quantitative estimate of drug-likeness (QED) is 0.503. The molecule has 0 radical (unpaired) electrons. The van der Waals surface area contributed by atoms with Gasteiger partial charge in [-0.1, -0.05) is 12.8 Å². The molecular weight excluding hydrogens is 192 g/mol. The molecular formula is C8H14O4S. The smallest absolute Gasteiger partial charge is 0.264 e. The molecule has 0 bridgehead atoms. The highest BCUT2D eigenvalue weighted by atomic mass is 32.2. The summed E-state index contributed by atoms with van der Waals surface area (Å²) < 4.78 is 31.7. The molecule has 2 atom stereocenters. The molecule has 1 heterocycles. The Balaban J connectivity index is 1.89. The van der Waals surface area contributed by atoms with Crippen LogP contribution in [0, 0.1) is 0 Å². The van der Waals surface area contributed by atoms with Crippen LogP contribution in [0.2, 0.25) is 0 Å². The van der Waals surface area contributed by atoms with Crippen LogP contribution in [0.3, 0.4) is 0 Å². The average Bonchev–Trinajstić information content (AvgIpc) is 2.74. The fraction of sp³-hybridized carbons (Fsp3) is 1.00. The van der Waals surface area contributed by atoms with Crippen LogP contribution in [0.25, 0.3) is 0 Å². The van der Waals surface area contributed by atoms with Crippen molar-refractivity contribution >= 4 is 10.1 Å². The number of hydrogen-bond acceptors (Lipinski definition) is 4.